The van der Waals surface area contributed by atoms with Crippen LogP contribution in [-0.4, -0.2) is 232 Å². The van der Waals surface area contributed by atoms with Gasteiger partial charge in [0.1, 0.15) is 60.6 Å². The van der Waals surface area contributed by atoms with Crippen LogP contribution in [0, 0.1) is 41.4 Å². The molecule has 1 aliphatic heterocycles. The van der Waals surface area contributed by atoms with Crippen molar-refractivity contribution < 1.29 is 58.2 Å². The first kappa shape index (κ1) is 77.3. The van der Waals surface area contributed by atoms with Gasteiger partial charge in [-0.1, -0.05) is 109 Å². The maximum Gasteiger partial charge on any atom is 0.246 e. The molecular weight excluding hydrogens is 1090 g/mol. The predicted octanol–water partition coefficient (Wildman–Crippen LogP) is 3.06. The fourth-order valence-corrected chi connectivity index (χ4v) is 10.8. The molecule has 1 saturated heterocycles. The van der Waals surface area contributed by atoms with Crippen LogP contribution in [0.3, 0.4) is 0 Å². The van der Waals surface area contributed by atoms with Gasteiger partial charge in [-0.2, -0.15) is 0 Å². The van der Waals surface area contributed by atoms with Crippen molar-refractivity contribution in [3.63, 3.8) is 0 Å². The highest BCUT2D eigenvalue weighted by Gasteiger charge is 2.45. The van der Waals surface area contributed by atoms with Crippen molar-refractivity contribution in [1.82, 2.24) is 55.6 Å². The monoisotopic (exact) mass is 1200 g/mol. The molecule has 6 N–H and O–H groups in total. The number of carbonyl (C=O) groups is 10. The summed E-state index contributed by atoms with van der Waals surface area (Å²) in [5, 5.41) is 35.0. The normalized spacial score (nSPS) is 28.0. The number of rotatable bonds is 15. The number of aliphatic hydroxyl groups excluding tert-OH is 2. The molecule has 23 heteroatoms. The van der Waals surface area contributed by atoms with Gasteiger partial charge in [0.2, 0.25) is 59.1 Å². The Labute approximate surface area is 509 Å². The van der Waals surface area contributed by atoms with E-state index in [4.69, 9.17) is 0 Å². The number of nitrogens with zero attached hydrogens (tertiary/aromatic N) is 7. The van der Waals surface area contributed by atoms with Gasteiger partial charge in [-0.25, -0.2) is 0 Å². The molecule has 13 atom stereocenters. The van der Waals surface area contributed by atoms with E-state index < -0.39 is 150 Å². The van der Waals surface area contributed by atoms with Gasteiger partial charge in [0.15, 0.2) is 0 Å². The molecule has 0 bridgehead atoms. The molecule has 0 spiro atoms. The number of hydrogen-bond donors (Lipinski definition) is 6. The maximum atomic E-state index is 15.1. The molecule has 0 radical (unpaired) electrons. The largest absolute Gasteiger partial charge is 0.390 e. The summed E-state index contributed by atoms with van der Waals surface area (Å²) >= 11 is 0. The van der Waals surface area contributed by atoms with Gasteiger partial charge in [-0.3, -0.25) is 52.8 Å². The van der Waals surface area contributed by atoms with Gasteiger partial charge in [-0.15, -0.1) is 0 Å². The fourth-order valence-electron chi connectivity index (χ4n) is 10.8. The lowest BCUT2D eigenvalue weighted by Gasteiger charge is -2.41. The lowest BCUT2D eigenvalue weighted by molar-refractivity contribution is -0.157. The minimum atomic E-state index is -1.59. The second-order valence-corrected chi connectivity index (χ2v) is 26.3. The summed E-state index contributed by atoms with van der Waals surface area (Å²) in [6.07, 6.45) is 1.74. The average Bonchev–Trinajstić information content (AvgIpc) is 3.62. The summed E-state index contributed by atoms with van der Waals surface area (Å²) < 4.78 is 0. The van der Waals surface area contributed by atoms with Gasteiger partial charge < -0.3 is 60.9 Å². The van der Waals surface area contributed by atoms with Crippen LogP contribution < -0.4 is 21.3 Å². The second-order valence-electron chi connectivity index (χ2n) is 26.3. The lowest BCUT2D eigenvalue weighted by Crippen LogP contribution is -2.63. The van der Waals surface area contributed by atoms with Crippen molar-refractivity contribution in [3.8, 4) is 0 Å². The smallest absolute Gasteiger partial charge is 0.246 e. The molecule has 0 aromatic carbocycles. The Balaban J connectivity index is 4.32. The third-order valence-electron chi connectivity index (χ3n) is 16.2. The fraction of sp³-hybridized carbons (Fsp3) is 0.806. The van der Waals surface area contributed by atoms with E-state index in [-0.39, 0.29) is 62.3 Å². The molecule has 10 amide bonds. The number of hydrogen-bond acceptors (Lipinski definition) is 13. The van der Waals surface area contributed by atoms with Crippen molar-refractivity contribution in [1.29, 1.82) is 0 Å². The zero-order valence-electron chi connectivity index (χ0n) is 56.2. The number of likely N-dealkylation sites (N-methyl/N-ethyl adjacent to an activating group) is 7. The first-order chi connectivity index (χ1) is 39.2. The van der Waals surface area contributed by atoms with E-state index in [1.165, 1.54) is 92.6 Å². The summed E-state index contributed by atoms with van der Waals surface area (Å²) in [6, 6.07) is -12.1. The number of amides is 10. The molecule has 1 fully saturated rings. The molecule has 23 nitrogen and oxygen atoms in total. The Kier molecular flexibility index (Phi) is 32.0. The number of aliphatic hydroxyl groups is 2. The van der Waals surface area contributed by atoms with Gasteiger partial charge in [-0.05, 0) is 108 Å². The lowest BCUT2D eigenvalue weighted by atomic mass is 9.91. The average molecular weight is 1200 g/mol. The summed E-state index contributed by atoms with van der Waals surface area (Å²) in [7, 11) is 10.1. The van der Waals surface area contributed by atoms with Crippen molar-refractivity contribution in [2.24, 2.45) is 41.4 Å². The number of carbonyl (C=O) groups excluding carboxylic acids is 10. The van der Waals surface area contributed by atoms with Crippen molar-refractivity contribution >= 4 is 59.1 Å². The Hall–Kier alpha value is -5.68. The van der Waals surface area contributed by atoms with Gasteiger partial charge in [0.05, 0.1) is 18.7 Å². The van der Waals surface area contributed by atoms with Crippen LogP contribution in [-0.2, 0) is 47.9 Å². The van der Waals surface area contributed by atoms with Crippen LogP contribution in [0.2, 0.25) is 0 Å². The minimum absolute atomic E-state index is 0.0525. The number of nitrogens with one attached hydrogen (secondary N) is 4. The molecule has 488 valence electrons. The van der Waals surface area contributed by atoms with Crippen molar-refractivity contribution in [2.45, 2.75) is 229 Å². The molecule has 1 unspecified atom stereocenters. The van der Waals surface area contributed by atoms with Crippen LogP contribution in [0.15, 0.2) is 12.2 Å². The third kappa shape index (κ3) is 21.9. The summed E-state index contributed by atoms with van der Waals surface area (Å²) in [5.41, 5.74) is 0. The highest BCUT2D eigenvalue weighted by molar-refractivity contribution is 5.99. The Bertz CT molecular complexity index is 2280. The Morgan fingerprint density at radius 1 is 0.482 bits per heavy atom. The predicted molar refractivity (Wildman–Crippen MR) is 329 cm³/mol. The molecule has 0 aliphatic carbocycles. The van der Waals surface area contributed by atoms with Crippen molar-refractivity contribution in [3.05, 3.63) is 12.2 Å². The van der Waals surface area contributed by atoms with Gasteiger partial charge in [0.25, 0.3) is 0 Å². The maximum absolute atomic E-state index is 15.1. The van der Waals surface area contributed by atoms with E-state index in [0.29, 0.717) is 6.42 Å². The van der Waals surface area contributed by atoms with Crippen LogP contribution in [0.25, 0.3) is 0 Å². The Morgan fingerprint density at radius 2 is 0.906 bits per heavy atom. The Morgan fingerprint density at radius 3 is 1.36 bits per heavy atom. The summed E-state index contributed by atoms with van der Waals surface area (Å²) in [4.78, 5) is 155. The van der Waals surface area contributed by atoms with Crippen molar-refractivity contribution in [2.75, 3.05) is 55.9 Å². The molecule has 0 aromatic rings. The topological polar surface area (TPSA) is 282 Å². The molecule has 1 heterocycles. The van der Waals surface area contributed by atoms with Crippen LogP contribution in [0.5, 0.6) is 0 Å². The van der Waals surface area contributed by atoms with E-state index in [9.17, 15) is 48.6 Å². The van der Waals surface area contributed by atoms with Crippen LogP contribution in [0.4, 0.5) is 0 Å². The minimum Gasteiger partial charge on any atom is -0.390 e. The summed E-state index contributed by atoms with van der Waals surface area (Å²) in [5.74, 6) is -8.75. The van der Waals surface area contributed by atoms with E-state index in [2.05, 4.69) is 21.3 Å². The van der Waals surface area contributed by atoms with E-state index >= 15 is 9.59 Å². The summed E-state index contributed by atoms with van der Waals surface area (Å²) in [6.45, 7) is 29.7. The highest BCUT2D eigenvalue weighted by atomic mass is 16.3. The molecule has 85 heavy (non-hydrogen) atoms. The van der Waals surface area contributed by atoms with Gasteiger partial charge in [0, 0.05) is 42.3 Å². The zero-order chi connectivity index (χ0) is 66.0. The SMILES string of the molecule is C/C=C/C[C@@H](C)[C@@H](O)[C@H]1C(=O)N[C@@H](CC)C(=O)N(C)CC(O)N(C)[C@@H](CC(C)C)C(=O)N[C@@H](C(C)C)C(=O)N(C)[C@@H](CC(C)C)C(=O)N[C@@H](C)C(=O)N[C@H](C)C(=O)N(C)[C@@H](CC(C)C)C(=O)N(C)[C@@H](CC(C)C)C(=O)N(C)[C@@H](C(C)C)C(=O)N1C. The highest BCUT2D eigenvalue weighted by Crippen LogP contribution is 2.26. The standard InChI is InChI=1S/C62H113N11O12/c1-25-27-28-40(15)52(75)51-56(79)65-43(26-2)58(81)67(18)33-48(74)68(19)44(29-34(3)4)55(78)66-49(38(11)12)61(84)69(20)45(30-35(5)6)54(77)63-41(16)53(76)64-42(17)57(80)70(21)46(31-36(7)8)59(82)71(22)47(32-37(9)10)60(83)72(23)50(39(13)14)62(85)73(51)24/h25,27,34-52,74-75H,26,28-33H2,1-24H3,(H,63,77)(H,64,76)(H,65,79)(H,66,78)/b27-25+/t40-,41+,42-,43+,44+,45+,46+,47+,48?,49+,50+,51+,52-/m1/s1. The quantitative estimate of drug-likeness (QED) is 0.129. The van der Waals surface area contributed by atoms with E-state index in [1.54, 1.807) is 47.6 Å². The van der Waals surface area contributed by atoms with E-state index in [1.807, 2.05) is 68.4 Å². The third-order valence-corrected chi connectivity index (χ3v) is 16.2. The van der Waals surface area contributed by atoms with Crippen LogP contribution >= 0.6 is 0 Å². The van der Waals surface area contributed by atoms with E-state index in [0.717, 1.165) is 4.90 Å². The first-order valence-electron chi connectivity index (χ1n) is 30.7. The zero-order valence-corrected chi connectivity index (χ0v) is 56.2. The number of allylic oxidation sites excluding steroid dienone is 2. The second kappa shape index (κ2) is 35.2. The molecule has 1 aliphatic rings. The van der Waals surface area contributed by atoms with Gasteiger partial charge >= 0.3 is 0 Å². The first-order valence-corrected chi connectivity index (χ1v) is 30.7. The van der Waals surface area contributed by atoms with Crippen LogP contribution in [0.1, 0.15) is 156 Å². The number of β-amino-alcohol motifs (C(OH)–C–C–N with tert-alkyl or cyclic N) is 1. The molecule has 0 aromatic heterocycles. The molecule has 0 saturated carbocycles. The molecule has 1 rings (SSSR count). The molecular formula is C62H113N11O12.